The van der Waals surface area contributed by atoms with Crippen molar-refractivity contribution in [2.24, 2.45) is 0 Å². The van der Waals surface area contributed by atoms with Gasteiger partial charge in [-0.25, -0.2) is 9.37 Å². The smallest absolute Gasteiger partial charge is 0.255 e. The number of ether oxygens (including phenoxy) is 3. The van der Waals surface area contributed by atoms with E-state index in [-0.39, 0.29) is 35.0 Å². The number of morpholine rings is 1. The number of hydrogen-bond acceptors (Lipinski definition) is 8. The number of rotatable bonds is 10. The quantitative estimate of drug-likeness (QED) is 0.224. The molecule has 0 bridgehead atoms. The zero-order chi connectivity index (χ0) is 30.9. The summed E-state index contributed by atoms with van der Waals surface area (Å²) in [6, 6.07) is 20.2. The number of halogens is 1. The Morgan fingerprint density at radius 3 is 2.57 bits per heavy atom. The van der Waals surface area contributed by atoms with Gasteiger partial charge in [-0.1, -0.05) is 30.3 Å². The van der Waals surface area contributed by atoms with E-state index in [0.717, 1.165) is 25.2 Å². The van der Waals surface area contributed by atoms with Crippen molar-refractivity contribution in [3.05, 3.63) is 89.7 Å². The summed E-state index contributed by atoms with van der Waals surface area (Å²) >= 11 is 5.20. The molecule has 0 spiro atoms. The lowest BCUT2D eigenvalue weighted by Gasteiger charge is -2.26. The highest BCUT2D eigenvalue weighted by molar-refractivity contribution is 7.80. The van der Waals surface area contributed by atoms with E-state index < -0.39 is 5.82 Å². The molecular weight excluding hydrogens is 585 g/mol. The largest absolute Gasteiger partial charge is 0.496 e. The Kier molecular flexibility index (Phi) is 10.3. The lowest BCUT2D eigenvalue weighted by atomic mass is 10.1. The minimum absolute atomic E-state index is 0.0503. The zero-order valence-corrected chi connectivity index (χ0v) is 24.9. The van der Waals surface area contributed by atoms with Gasteiger partial charge in [0, 0.05) is 55.5 Å². The van der Waals surface area contributed by atoms with Crippen LogP contribution in [0.5, 0.6) is 17.4 Å². The fraction of sp³-hybridized carbons (Fsp3) is 0.250. The molecule has 10 nitrogen and oxygen atoms in total. The first-order chi connectivity index (χ1) is 21.4. The van der Waals surface area contributed by atoms with Gasteiger partial charge < -0.3 is 30.2 Å². The van der Waals surface area contributed by atoms with Gasteiger partial charge in [-0.15, -0.1) is 0 Å². The molecular formula is C32H32FN5O5S. The summed E-state index contributed by atoms with van der Waals surface area (Å²) in [5, 5.41) is 9.09. The van der Waals surface area contributed by atoms with Crippen molar-refractivity contribution in [3.8, 4) is 17.4 Å². The summed E-state index contributed by atoms with van der Waals surface area (Å²) in [4.78, 5) is 31.9. The molecule has 1 fully saturated rings. The maximum absolute atomic E-state index is 14.9. The summed E-state index contributed by atoms with van der Waals surface area (Å²) in [5.41, 5.74) is 2.09. The first kappa shape index (κ1) is 30.8. The van der Waals surface area contributed by atoms with Gasteiger partial charge in [0.05, 0.1) is 37.8 Å². The second-order valence-electron chi connectivity index (χ2n) is 10.0. The maximum atomic E-state index is 14.9. The topological polar surface area (TPSA) is 114 Å². The Morgan fingerprint density at radius 2 is 1.82 bits per heavy atom. The van der Waals surface area contributed by atoms with E-state index in [1.54, 1.807) is 30.3 Å². The first-order valence-corrected chi connectivity index (χ1v) is 14.5. The van der Waals surface area contributed by atoms with Crippen molar-refractivity contribution < 1.29 is 28.2 Å². The molecule has 5 rings (SSSR count). The van der Waals surface area contributed by atoms with Crippen LogP contribution in [0.3, 0.4) is 0 Å². The second kappa shape index (κ2) is 14.7. The van der Waals surface area contributed by atoms with Gasteiger partial charge in [0.2, 0.25) is 11.8 Å². The molecule has 1 aliphatic heterocycles. The monoisotopic (exact) mass is 617 g/mol. The molecule has 2 amide bonds. The number of nitrogens with zero attached hydrogens (tertiary/aromatic N) is 2. The van der Waals surface area contributed by atoms with Crippen LogP contribution in [-0.2, 0) is 16.0 Å². The summed E-state index contributed by atoms with van der Waals surface area (Å²) in [6.45, 7) is 4.33. The highest BCUT2D eigenvalue weighted by Crippen LogP contribution is 2.30. The SMILES string of the molecule is COc1cc2nc(Oc3ccc(NC(=S)NC(=O)Cc4ccccc4)cc3F)ccc2cc1C(=O)NCCN1CCOCC1. The van der Waals surface area contributed by atoms with Crippen molar-refractivity contribution >= 4 is 45.7 Å². The van der Waals surface area contributed by atoms with Crippen LogP contribution in [0.15, 0.2) is 72.8 Å². The number of amides is 2. The number of hydrogen-bond donors (Lipinski definition) is 3. The molecule has 12 heteroatoms. The van der Waals surface area contributed by atoms with E-state index in [0.29, 0.717) is 47.7 Å². The van der Waals surface area contributed by atoms with Crippen LogP contribution in [0.4, 0.5) is 10.1 Å². The highest BCUT2D eigenvalue weighted by Gasteiger charge is 2.17. The van der Waals surface area contributed by atoms with E-state index in [9.17, 15) is 14.0 Å². The maximum Gasteiger partial charge on any atom is 0.255 e. The summed E-state index contributed by atoms with van der Waals surface area (Å²) in [6.07, 6.45) is 0.165. The number of methoxy groups -OCH3 is 1. The van der Waals surface area contributed by atoms with Gasteiger partial charge in [0.15, 0.2) is 16.7 Å². The molecule has 1 aliphatic rings. The Balaban J connectivity index is 1.19. The predicted octanol–water partition coefficient (Wildman–Crippen LogP) is 4.29. The molecule has 228 valence electrons. The van der Waals surface area contributed by atoms with E-state index in [1.807, 2.05) is 30.3 Å². The molecule has 0 radical (unpaired) electrons. The van der Waals surface area contributed by atoms with Crippen LogP contribution in [0.2, 0.25) is 0 Å². The Morgan fingerprint density at radius 1 is 1.02 bits per heavy atom. The number of pyridine rings is 1. The second-order valence-corrected chi connectivity index (χ2v) is 10.4. The Labute approximate surface area is 259 Å². The van der Waals surface area contributed by atoms with Gasteiger partial charge in [-0.3, -0.25) is 14.5 Å². The van der Waals surface area contributed by atoms with E-state index in [2.05, 4.69) is 25.8 Å². The van der Waals surface area contributed by atoms with Crippen molar-refractivity contribution in [1.29, 1.82) is 0 Å². The fourth-order valence-electron chi connectivity index (χ4n) is 4.67. The molecule has 0 unspecified atom stereocenters. The minimum atomic E-state index is -0.656. The molecule has 3 N–H and O–H groups in total. The molecule has 0 aliphatic carbocycles. The molecule has 0 saturated carbocycles. The van der Waals surface area contributed by atoms with Gasteiger partial charge in [0.1, 0.15) is 5.75 Å². The molecule has 44 heavy (non-hydrogen) atoms. The molecule has 2 heterocycles. The number of anilines is 1. The highest BCUT2D eigenvalue weighted by atomic mass is 32.1. The van der Waals surface area contributed by atoms with Crippen molar-refractivity contribution in [1.82, 2.24) is 20.5 Å². The third kappa shape index (κ3) is 8.25. The van der Waals surface area contributed by atoms with Crippen LogP contribution in [0, 0.1) is 5.82 Å². The van der Waals surface area contributed by atoms with Crippen molar-refractivity contribution in [2.45, 2.75) is 6.42 Å². The molecule has 3 aromatic carbocycles. The lowest BCUT2D eigenvalue weighted by molar-refractivity contribution is -0.119. The van der Waals surface area contributed by atoms with Gasteiger partial charge in [0.25, 0.3) is 5.91 Å². The van der Waals surface area contributed by atoms with E-state index in [4.69, 9.17) is 26.4 Å². The molecule has 1 saturated heterocycles. The third-order valence-corrected chi connectivity index (χ3v) is 7.12. The van der Waals surface area contributed by atoms with Crippen LogP contribution in [-0.4, -0.2) is 73.3 Å². The average molecular weight is 618 g/mol. The van der Waals surface area contributed by atoms with Gasteiger partial charge in [-0.05, 0) is 42.0 Å². The van der Waals surface area contributed by atoms with Gasteiger partial charge in [-0.2, -0.15) is 0 Å². The third-order valence-electron chi connectivity index (χ3n) is 6.91. The summed E-state index contributed by atoms with van der Waals surface area (Å²) in [5.74, 6) is -0.723. The standard InChI is InChI=1S/C32H32FN5O5S/c1-41-28-20-26-22(18-24(28)31(40)34-11-12-38-13-15-42-16-14-38)7-10-30(36-26)43-27-9-8-23(19-25(27)33)35-32(44)37-29(39)17-21-5-3-2-4-6-21/h2-10,18-20H,11-17H2,1H3,(H,34,40)(H2,35,37,39,44). The number of aromatic nitrogens is 1. The molecule has 1 aromatic heterocycles. The molecule has 0 atom stereocenters. The van der Waals surface area contributed by atoms with Gasteiger partial charge >= 0.3 is 0 Å². The number of nitrogens with one attached hydrogen (secondary N) is 3. The predicted molar refractivity (Wildman–Crippen MR) is 169 cm³/mol. The Bertz CT molecular complexity index is 1650. The number of thiocarbonyl (C=S) groups is 1. The fourth-order valence-corrected chi connectivity index (χ4v) is 4.90. The van der Waals surface area contributed by atoms with Crippen molar-refractivity contribution in [2.75, 3.05) is 51.8 Å². The van der Waals surface area contributed by atoms with Crippen molar-refractivity contribution in [3.63, 3.8) is 0 Å². The van der Waals surface area contributed by atoms with E-state index in [1.165, 1.54) is 19.2 Å². The van der Waals surface area contributed by atoms with Crippen LogP contribution < -0.4 is 25.4 Å². The molecule has 4 aromatic rings. The summed E-state index contributed by atoms with van der Waals surface area (Å²) < 4.78 is 31.5. The number of carbonyl (C=O) groups excluding carboxylic acids is 2. The number of benzene rings is 3. The average Bonchev–Trinajstić information content (AvgIpc) is 3.02. The Hall–Kier alpha value is -4.65. The lowest BCUT2D eigenvalue weighted by Crippen LogP contribution is -2.41. The van der Waals surface area contributed by atoms with Crippen LogP contribution in [0.25, 0.3) is 10.9 Å². The van der Waals surface area contributed by atoms with Crippen LogP contribution >= 0.6 is 12.2 Å². The number of carbonyl (C=O) groups is 2. The van der Waals surface area contributed by atoms with Crippen LogP contribution in [0.1, 0.15) is 15.9 Å². The first-order valence-electron chi connectivity index (χ1n) is 14.1. The summed E-state index contributed by atoms with van der Waals surface area (Å²) in [7, 11) is 1.48. The minimum Gasteiger partial charge on any atom is -0.496 e. The normalized spacial score (nSPS) is 13.2. The number of fused-ring (bicyclic) bond motifs is 1. The zero-order valence-electron chi connectivity index (χ0n) is 24.1. The van der Waals surface area contributed by atoms with E-state index >= 15 is 0 Å².